The maximum absolute atomic E-state index is 13.2. The Morgan fingerprint density at radius 1 is 1.19 bits per heavy atom. The Labute approximate surface area is 190 Å². The van der Waals surface area contributed by atoms with Gasteiger partial charge in [-0.2, -0.15) is 0 Å². The van der Waals surface area contributed by atoms with Crippen molar-refractivity contribution in [1.29, 1.82) is 0 Å². The van der Waals surface area contributed by atoms with Crippen LogP contribution in [-0.2, 0) is 28.1 Å². The van der Waals surface area contributed by atoms with Gasteiger partial charge in [0.15, 0.2) is 15.0 Å². The van der Waals surface area contributed by atoms with E-state index in [0.29, 0.717) is 29.5 Å². The molecule has 2 aromatic carbocycles. The molecule has 0 bridgehead atoms. The summed E-state index contributed by atoms with van der Waals surface area (Å²) in [7, 11) is -1.14. The van der Waals surface area contributed by atoms with Crippen LogP contribution in [0.5, 0.6) is 0 Å². The van der Waals surface area contributed by atoms with Crippen molar-refractivity contribution in [3.05, 3.63) is 71.8 Å². The number of hydrogen-bond donors (Lipinski definition) is 1. The topological polar surface area (TPSA) is 93.9 Å². The molecule has 7 nitrogen and oxygen atoms in total. The normalized spacial score (nSPS) is 18.4. The van der Waals surface area contributed by atoms with Crippen molar-refractivity contribution in [2.75, 3.05) is 16.8 Å². The molecule has 1 aliphatic rings. The molecule has 0 spiro atoms. The molecule has 1 amide bonds. The second-order valence-corrected chi connectivity index (χ2v) is 11.1. The molecule has 0 radical (unpaired) electrons. The molecule has 10 heteroatoms. The molecule has 2 heterocycles. The van der Waals surface area contributed by atoms with Gasteiger partial charge in [-0.3, -0.25) is 4.79 Å². The highest BCUT2D eigenvalue weighted by atomic mass is 32.2. The van der Waals surface area contributed by atoms with Gasteiger partial charge >= 0.3 is 0 Å². The van der Waals surface area contributed by atoms with Gasteiger partial charge in [-0.05, 0) is 42.2 Å². The van der Waals surface area contributed by atoms with Crippen LogP contribution in [0.15, 0.2) is 59.8 Å². The summed E-state index contributed by atoms with van der Waals surface area (Å²) in [6, 6.07) is 14.9. The van der Waals surface area contributed by atoms with E-state index in [0.717, 1.165) is 5.56 Å². The fraction of sp³-hybridized carbons (Fsp3) is 0.318. The van der Waals surface area contributed by atoms with Crippen molar-refractivity contribution in [3.8, 4) is 0 Å². The average molecular weight is 475 g/mol. The number of carbonyl (C=O) groups is 1. The lowest BCUT2D eigenvalue weighted by atomic mass is 10.1. The molecular formula is C22H23FN4O3S2. The van der Waals surface area contributed by atoms with E-state index in [1.54, 1.807) is 0 Å². The summed E-state index contributed by atoms with van der Waals surface area (Å²) in [5, 5.41) is 11.3. The van der Waals surface area contributed by atoms with Crippen molar-refractivity contribution < 1.29 is 17.6 Å². The zero-order chi connectivity index (χ0) is 22.7. The van der Waals surface area contributed by atoms with Crippen LogP contribution in [0.1, 0.15) is 23.1 Å². The summed E-state index contributed by atoms with van der Waals surface area (Å²) in [6.45, 7) is 0. The van der Waals surface area contributed by atoms with Crippen LogP contribution >= 0.6 is 11.8 Å². The first-order valence-electron chi connectivity index (χ1n) is 10.2. The van der Waals surface area contributed by atoms with E-state index >= 15 is 0 Å². The number of halogens is 1. The van der Waals surface area contributed by atoms with Crippen molar-refractivity contribution >= 4 is 33.2 Å². The second-order valence-electron chi connectivity index (χ2n) is 7.84. The Morgan fingerprint density at radius 2 is 1.91 bits per heavy atom. The fourth-order valence-corrected chi connectivity index (χ4v) is 6.55. The zero-order valence-corrected chi connectivity index (χ0v) is 19.1. The maximum Gasteiger partial charge on any atom is 0.242 e. The Balaban J connectivity index is 1.53. The highest BCUT2D eigenvalue weighted by Gasteiger charge is 2.30. The van der Waals surface area contributed by atoms with E-state index < -0.39 is 15.1 Å². The first kappa shape index (κ1) is 22.5. The summed E-state index contributed by atoms with van der Waals surface area (Å²) in [5.41, 5.74) is 1.29. The average Bonchev–Trinajstić information content (AvgIpc) is 3.30. The van der Waals surface area contributed by atoms with Gasteiger partial charge in [-0.25, -0.2) is 12.8 Å². The van der Waals surface area contributed by atoms with Crippen molar-refractivity contribution in [2.45, 2.75) is 23.2 Å². The van der Waals surface area contributed by atoms with Crippen molar-refractivity contribution in [3.63, 3.8) is 0 Å². The molecule has 0 aliphatic carbocycles. The molecule has 0 unspecified atom stereocenters. The molecule has 1 saturated heterocycles. The molecule has 4 rings (SSSR count). The van der Waals surface area contributed by atoms with E-state index in [2.05, 4.69) is 15.5 Å². The molecule has 1 N–H and O–H groups in total. The monoisotopic (exact) mass is 474 g/mol. The van der Waals surface area contributed by atoms with Gasteiger partial charge in [0.25, 0.3) is 0 Å². The molecule has 32 heavy (non-hydrogen) atoms. The number of nitrogens with one attached hydrogen (secondary N) is 1. The van der Waals surface area contributed by atoms with E-state index in [1.165, 1.54) is 36.0 Å². The highest BCUT2D eigenvalue weighted by molar-refractivity contribution is 8.00. The third kappa shape index (κ3) is 5.36. The second kappa shape index (κ2) is 9.41. The number of rotatable bonds is 7. The van der Waals surface area contributed by atoms with Gasteiger partial charge in [0, 0.05) is 19.2 Å². The quantitative estimate of drug-likeness (QED) is 0.528. The van der Waals surface area contributed by atoms with Crippen LogP contribution < -0.4 is 5.32 Å². The smallest absolute Gasteiger partial charge is 0.242 e. The maximum atomic E-state index is 13.2. The van der Waals surface area contributed by atoms with E-state index in [4.69, 9.17) is 0 Å². The Morgan fingerprint density at radius 3 is 2.56 bits per heavy atom. The van der Waals surface area contributed by atoms with Crippen LogP contribution in [0.4, 0.5) is 10.1 Å². The molecule has 168 valence electrons. The first-order valence-corrected chi connectivity index (χ1v) is 12.9. The lowest BCUT2D eigenvalue weighted by Gasteiger charge is -2.17. The fourth-order valence-electron chi connectivity index (χ4n) is 3.66. The Kier molecular flexibility index (Phi) is 6.61. The lowest BCUT2D eigenvalue weighted by molar-refractivity contribution is -0.115. The number of hydrogen-bond acceptors (Lipinski definition) is 6. The van der Waals surface area contributed by atoms with Gasteiger partial charge in [0.05, 0.1) is 11.5 Å². The van der Waals surface area contributed by atoms with E-state index in [9.17, 15) is 17.6 Å². The lowest BCUT2D eigenvalue weighted by Crippen LogP contribution is -2.19. The van der Waals surface area contributed by atoms with Gasteiger partial charge in [-0.1, -0.05) is 42.1 Å². The molecule has 1 aromatic heterocycles. The van der Waals surface area contributed by atoms with Gasteiger partial charge in [0.2, 0.25) is 5.91 Å². The number of anilines is 1. The van der Waals surface area contributed by atoms with E-state index in [1.807, 2.05) is 41.9 Å². The van der Waals surface area contributed by atoms with Crippen LogP contribution in [0.25, 0.3) is 0 Å². The number of thioether (sulfide) groups is 1. The summed E-state index contributed by atoms with van der Waals surface area (Å²) in [5.74, 6) is 0.483. The number of aromatic nitrogens is 3. The molecular weight excluding hydrogens is 451 g/mol. The summed E-state index contributed by atoms with van der Waals surface area (Å²) >= 11 is 1.26. The third-order valence-corrected chi connectivity index (χ3v) is 8.52. The Bertz CT molecular complexity index is 1200. The molecule has 0 saturated carbocycles. The van der Waals surface area contributed by atoms with Gasteiger partial charge in [-0.15, -0.1) is 10.2 Å². The van der Waals surface area contributed by atoms with Gasteiger partial charge in [0.1, 0.15) is 16.9 Å². The zero-order valence-electron chi connectivity index (χ0n) is 17.4. The predicted molar refractivity (Wildman–Crippen MR) is 122 cm³/mol. The molecule has 1 fully saturated rings. The highest BCUT2D eigenvalue weighted by Crippen LogP contribution is 2.35. The van der Waals surface area contributed by atoms with Crippen LogP contribution in [0, 0.1) is 11.7 Å². The minimum Gasteiger partial charge on any atom is -0.325 e. The number of amides is 1. The predicted octanol–water partition coefficient (Wildman–Crippen LogP) is 3.40. The largest absolute Gasteiger partial charge is 0.325 e. The van der Waals surface area contributed by atoms with Crippen LogP contribution in [0.3, 0.4) is 0 Å². The standard InChI is InChI=1S/C22H23FN4O3S2/c1-27-19(13-15-11-12-32(29,30)14-15)25-26-22(27)31-20(16-5-3-2-4-6-16)21(28)24-18-9-7-17(23)8-10-18/h2-10,15,20H,11-14H2,1H3,(H,24,28)/t15-,20-/m0/s1. The molecule has 2 atom stereocenters. The number of sulfone groups is 1. The SMILES string of the molecule is Cn1c(C[C@@H]2CCS(=O)(=O)C2)nnc1S[C@H](C(=O)Nc1ccc(F)cc1)c1ccccc1. The van der Waals surface area contributed by atoms with Crippen molar-refractivity contribution in [1.82, 2.24) is 14.8 Å². The number of carbonyl (C=O) groups excluding carboxylic acids is 1. The summed E-state index contributed by atoms with van der Waals surface area (Å²) in [6.07, 6.45) is 1.16. The summed E-state index contributed by atoms with van der Waals surface area (Å²) < 4.78 is 38.5. The van der Waals surface area contributed by atoms with E-state index in [-0.39, 0.29) is 29.1 Å². The number of benzene rings is 2. The van der Waals surface area contributed by atoms with Gasteiger partial charge < -0.3 is 9.88 Å². The van der Waals surface area contributed by atoms with Crippen LogP contribution in [-0.4, -0.2) is 40.6 Å². The minimum atomic E-state index is -2.96. The van der Waals surface area contributed by atoms with Crippen molar-refractivity contribution in [2.24, 2.45) is 13.0 Å². The first-order chi connectivity index (χ1) is 15.3. The molecule has 1 aliphatic heterocycles. The Hall–Kier alpha value is -2.72. The summed E-state index contributed by atoms with van der Waals surface area (Å²) in [4.78, 5) is 13.1. The minimum absolute atomic E-state index is 0.0347. The van der Waals surface area contributed by atoms with Crippen LogP contribution in [0.2, 0.25) is 0 Å². The number of nitrogens with zero attached hydrogens (tertiary/aromatic N) is 3. The third-order valence-electron chi connectivity index (χ3n) is 5.40. The molecule has 3 aromatic rings.